The number of carbonyl (C=O) groups is 5. The topological polar surface area (TPSA) is 155 Å². The van der Waals surface area contributed by atoms with Gasteiger partial charge in [-0.1, -0.05) is 31.1 Å². The highest BCUT2D eigenvalue weighted by Gasteiger charge is 2.61. The van der Waals surface area contributed by atoms with Crippen molar-refractivity contribution < 1.29 is 42.9 Å². The number of fused-ring (bicyclic) bond motifs is 3. The van der Waals surface area contributed by atoms with E-state index in [-0.39, 0.29) is 38.4 Å². The molecule has 13 heteroatoms. The summed E-state index contributed by atoms with van der Waals surface area (Å²) in [6, 6.07) is 2.15. The molecule has 1 saturated heterocycles. The smallest absolute Gasteiger partial charge is 0.410 e. The summed E-state index contributed by atoms with van der Waals surface area (Å²) in [5.41, 5.74) is -0.822. The number of aliphatic carboxylic acids is 1. The maximum absolute atomic E-state index is 14.0. The highest BCUT2D eigenvalue weighted by molar-refractivity contribution is 5.96. The number of hydrogen-bond acceptors (Lipinski definition) is 7. The molecule has 1 aromatic carbocycles. The molecule has 4 amide bonds. The normalized spacial score (nSPS) is 29.2. The Morgan fingerprint density at radius 3 is 2.60 bits per heavy atom. The molecular weight excluding hydrogens is 587 g/mol. The summed E-state index contributed by atoms with van der Waals surface area (Å²) in [6.07, 6.45) is 4.77. The van der Waals surface area contributed by atoms with Crippen molar-refractivity contribution in [1.82, 2.24) is 20.4 Å². The Morgan fingerprint density at radius 1 is 1.11 bits per heavy atom. The second kappa shape index (κ2) is 12.7. The molecule has 1 aliphatic carbocycles. The molecule has 2 fully saturated rings. The first-order valence-electron chi connectivity index (χ1n) is 15.5. The van der Waals surface area contributed by atoms with Crippen molar-refractivity contribution >= 4 is 30.0 Å². The van der Waals surface area contributed by atoms with Gasteiger partial charge >= 0.3 is 18.2 Å². The van der Waals surface area contributed by atoms with E-state index < -0.39 is 65.1 Å². The van der Waals surface area contributed by atoms with Gasteiger partial charge in [0, 0.05) is 25.4 Å². The lowest BCUT2D eigenvalue weighted by atomic mass is 10.0. The lowest BCUT2D eigenvalue weighted by Gasteiger charge is -2.30. The van der Waals surface area contributed by atoms with Crippen LogP contribution in [0.2, 0.25) is 0 Å². The van der Waals surface area contributed by atoms with E-state index in [9.17, 15) is 33.5 Å². The standard InChI is InChI=1S/C32H41FN4O8/c1-31(2,3)45-29(42)34-24-10-8-6-4-5-7-9-21-15-32(21,28(40)41)35-26(38)25-14-23(18-37(25)27(24)39)44-30(43)36-16-19-11-12-22(33)13-20(19)17-36/h7,9,11-13,21,23-25H,4-6,8,10,14-18H2,1-3H3,(H,34,42)(H,35,38)(H,40,41)/b9-7-/t21-,23-,24+,25+,32-/m1/s1. The van der Waals surface area contributed by atoms with E-state index in [0.717, 1.165) is 24.8 Å². The van der Waals surface area contributed by atoms with Crippen LogP contribution in [0.4, 0.5) is 14.0 Å². The van der Waals surface area contributed by atoms with Crippen LogP contribution in [-0.2, 0) is 36.9 Å². The zero-order valence-corrected chi connectivity index (χ0v) is 25.8. The average molecular weight is 629 g/mol. The fourth-order valence-electron chi connectivity index (χ4n) is 6.31. The van der Waals surface area contributed by atoms with Crippen LogP contribution in [0.25, 0.3) is 0 Å². The van der Waals surface area contributed by atoms with Gasteiger partial charge in [-0.3, -0.25) is 14.5 Å². The molecule has 3 N–H and O–H groups in total. The molecule has 244 valence electrons. The van der Waals surface area contributed by atoms with Crippen LogP contribution in [0, 0.1) is 11.7 Å². The summed E-state index contributed by atoms with van der Waals surface area (Å²) in [6.45, 7) is 5.37. The Morgan fingerprint density at radius 2 is 1.87 bits per heavy atom. The zero-order valence-electron chi connectivity index (χ0n) is 25.8. The third-order valence-corrected chi connectivity index (χ3v) is 8.73. The Bertz CT molecular complexity index is 1390. The van der Waals surface area contributed by atoms with Gasteiger partial charge in [0.25, 0.3) is 0 Å². The summed E-state index contributed by atoms with van der Waals surface area (Å²) >= 11 is 0. The lowest BCUT2D eigenvalue weighted by molar-refractivity contribution is -0.145. The number of nitrogens with zero attached hydrogens (tertiary/aromatic N) is 2. The number of carboxylic acids is 1. The second-order valence-electron chi connectivity index (χ2n) is 13.4. The molecule has 0 radical (unpaired) electrons. The number of allylic oxidation sites excluding steroid dienone is 1. The number of ether oxygens (including phenoxy) is 2. The summed E-state index contributed by atoms with van der Waals surface area (Å²) in [5.74, 6) is -3.17. The minimum atomic E-state index is -1.48. The molecule has 3 aliphatic heterocycles. The van der Waals surface area contributed by atoms with E-state index in [1.165, 1.54) is 21.9 Å². The third kappa shape index (κ3) is 7.39. The van der Waals surface area contributed by atoms with Crippen LogP contribution < -0.4 is 10.6 Å². The maximum Gasteiger partial charge on any atom is 0.410 e. The third-order valence-electron chi connectivity index (χ3n) is 8.73. The lowest BCUT2D eigenvalue weighted by Crippen LogP contribution is -2.56. The van der Waals surface area contributed by atoms with E-state index in [2.05, 4.69) is 10.6 Å². The van der Waals surface area contributed by atoms with Gasteiger partial charge in [0.2, 0.25) is 11.8 Å². The van der Waals surface area contributed by atoms with Crippen LogP contribution in [0.3, 0.4) is 0 Å². The van der Waals surface area contributed by atoms with Gasteiger partial charge in [0.05, 0.1) is 6.54 Å². The summed E-state index contributed by atoms with van der Waals surface area (Å²) in [5, 5.41) is 15.4. The first-order chi connectivity index (χ1) is 21.3. The van der Waals surface area contributed by atoms with Crippen molar-refractivity contribution in [1.29, 1.82) is 0 Å². The molecule has 0 spiro atoms. The minimum absolute atomic E-state index is 0.0614. The number of nitrogens with one attached hydrogen (secondary N) is 2. The Kier molecular flexibility index (Phi) is 9.09. The van der Waals surface area contributed by atoms with E-state index in [0.29, 0.717) is 18.4 Å². The molecule has 0 bridgehead atoms. The predicted octanol–water partition coefficient (Wildman–Crippen LogP) is 3.62. The van der Waals surface area contributed by atoms with Crippen molar-refractivity contribution in [3.8, 4) is 0 Å². The molecule has 0 unspecified atom stereocenters. The molecule has 1 aromatic rings. The quantitative estimate of drug-likeness (QED) is 0.429. The second-order valence-corrected chi connectivity index (χ2v) is 13.4. The molecular formula is C32H41FN4O8. The number of hydrogen-bond donors (Lipinski definition) is 3. The summed E-state index contributed by atoms with van der Waals surface area (Å²) in [7, 11) is 0. The van der Waals surface area contributed by atoms with Gasteiger partial charge < -0.3 is 30.1 Å². The molecule has 5 rings (SSSR count). The molecule has 4 aliphatic rings. The maximum atomic E-state index is 14.0. The summed E-state index contributed by atoms with van der Waals surface area (Å²) in [4.78, 5) is 68.6. The molecule has 3 heterocycles. The van der Waals surface area contributed by atoms with Gasteiger partial charge in [0.15, 0.2) is 0 Å². The molecule has 45 heavy (non-hydrogen) atoms. The van der Waals surface area contributed by atoms with Gasteiger partial charge in [-0.2, -0.15) is 0 Å². The molecule has 0 aromatic heterocycles. The van der Waals surface area contributed by atoms with Gasteiger partial charge in [-0.15, -0.1) is 0 Å². The largest absolute Gasteiger partial charge is 0.479 e. The van der Waals surface area contributed by atoms with E-state index in [1.807, 2.05) is 12.2 Å². The Labute approximate surface area is 261 Å². The van der Waals surface area contributed by atoms with E-state index in [4.69, 9.17) is 9.47 Å². The van der Waals surface area contributed by atoms with Crippen molar-refractivity contribution in [3.63, 3.8) is 0 Å². The van der Waals surface area contributed by atoms with Crippen LogP contribution in [0.15, 0.2) is 30.4 Å². The average Bonchev–Trinajstić information content (AvgIpc) is 3.26. The zero-order chi connectivity index (χ0) is 32.5. The van der Waals surface area contributed by atoms with Crippen LogP contribution >= 0.6 is 0 Å². The van der Waals surface area contributed by atoms with Gasteiger partial charge in [0.1, 0.15) is 35.1 Å². The molecule has 5 atom stereocenters. The monoisotopic (exact) mass is 628 g/mol. The number of rotatable bonds is 3. The first-order valence-corrected chi connectivity index (χ1v) is 15.5. The van der Waals surface area contributed by atoms with E-state index in [1.54, 1.807) is 26.8 Å². The van der Waals surface area contributed by atoms with Crippen molar-refractivity contribution in [2.24, 2.45) is 5.92 Å². The Hall–Kier alpha value is -4.16. The molecule has 1 saturated carbocycles. The van der Waals surface area contributed by atoms with Gasteiger partial charge in [-0.25, -0.2) is 18.8 Å². The predicted molar refractivity (Wildman–Crippen MR) is 158 cm³/mol. The van der Waals surface area contributed by atoms with Crippen LogP contribution in [0.5, 0.6) is 0 Å². The van der Waals surface area contributed by atoms with Crippen molar-refractivity contribution in [2.45, 2.75) is 108 Å². The first kappa shape index (κ1) is 32.2. The number of carbonyl (C=O) groups excluding carboxylic acids is 4. The molecule has 12 nitrogen and oxygen atoms in total. The van der Waals surface area contributed by atoms with Crippen molar-refractivity contribution in [3.05, 3.63) is 47.3 Å². The number of amides is 4. The van der Waals surface area contributed by atoms with Crippen LogP contribution in [0.1, 0.15) is 76.8 Å². The van der Waals surface area contributed by atoms with E-state index >= 15 is 0 Å². The number of halogens is 1. The highest BCUT2D eigenvalue weighted by atomic mass is 19.1. The summed E-state index contributed by atoms with van der Waals surface area (Å²) < 4.78 is 24.9. The Balaban J connectivity index is 1.36. The fraction of sp³-hybridized carbons (Fsp3) is 0.594. The highest BCUT2D eigenvalue weighted by Crippen LogP contribution is 2.45. The number of alkyl carbamates (subject to hydrolysis) is 1. The SMILES string of the molecule is CC(C)(C)OC(=O)N[C@H]1CCCCC/C=C\[C@@H]2C[C@@]2(C(=O)O)NC(=O)[C@@H]2C[C@@H](OC(=O)N3Cc4ccc(F)cc4C3)CN2C1=O. The number of benzene rings is 1. The number of carboxylic acid groups (broad SMARTS) is 1. The van der Waals surface area contributed by atoms with Gasteiger partial charge in [-0.05, 0) is 69.7 Å². The van der Waals surface area contributed by atoms with Crippen LogP contribution in [-0.4, -0.2) is 80.7 Å². The minimum Gasteiger partial charge on any atom is -0.479 e. The fourth-order valence-corrected chi connectivity index (χ4v) is 6.31. The van der Waals surface area contributed by atoms with Crippen molar-refractivity contribution in [2.75, 3.05) is 6.54 Å².